The van der Waals surface area contributed by atoms with Crippen LogP contribution in [-0.2, 0) is 4.74 Å². The predicted octanol–water partition coefficient (Wildman–Crippen LogP) is 5.48. The minimum atomic E-state index is -0.987. The number of ether oxygens (including phenoxy) is 1. The molecule has 2 aromatic heterocycles. The number of aromatic nitrogens is 2. The molecule has 4 rings (SSSR count). The molecule has 0 saturated carbocycles. The van der Waals surface area contributed by atoms with Crippen molar-refractivity contribution in [3.8, 4) is 11.1 Å². The van der Waals surface area contributed by atoms with Crippen LogP contribution in [0.25, 0.3) is 22.2 Å². The van der Waals surface area contributed by atoms with Crippen LogP contribution in [0, 0.1) is 11.6 Å². The molecule has 0 amide bonds. The van der Waals surface area contributed by atoms with Crippen LogP contribution >= 0.6 is 11.6 Å². The molecule has 0 aliphatic carbocycles. The summed E-state index contributed by atoms with van der Waals surface area (Å²) in [6.45, 7) is 0. The van der Waals surface area contributed by atoms with E-state index in [9.17, 15) is 8.78 Å². The number of fused-ring (bicyclic) bond motifs is 1. The van der Waals surface area contributed by atoms with E-state index < -0.39 is 17.7 Å². The molecular formula is C21H16ClF2N3O. The summed E-state index contributed by atoms with van der Waals surface area (Å²) in [6.07, 6.45) is 2.37. The zero-order valence-corrected chi connectivity index (χ0v) is 15.6. The van der Waals surface area contributed by atoms with Crippen LogP contribution < -0.4 is 5.73 Å². The first-order chi connectivity index (χ1) is 13.5. The standard InChI is InChI=1S/C21H16ClF2N3O/c1-28-20(18-16(23)6-7-17(25)19(18)24)15-10-27-21-14(15)8-12(9-26-21)11-2-4-13(22)5-3-11/h2-10,20H,25H2,1H3,(H,26,27). The van der Waals surface area contributed by atoms with Gasteiger partial charge in [0.2, 0.25) is 0 Å². The zero-order chi connectivity index (χ0) is 19.8. The van der Waals surface area contributed by atoms with Crippen molar-refractivity contribution >= 4 is 28.3 Å². The Morgan fingerprint density at radius 3 is 2.57 bits per heavy atom. The molecule has 0 fully saturated rings. The second kappa shape index (κ2) is 7.22. The van der Waals surface area contributed by atoms with E-state index in [1.54, 1.807) is 24.5 Å². The highest BCUT2D eigenvalue weighted by atomic mass is 35.5. The number of rotatable bonds is 4. The van der Waals surface area contributed by atoms with Crippen LogP contribution in [0.4, 0.5) is 14.5 Å². The van der Waals surface area contributed by atoms with E-state index in [-0.39, 0.29) is 11.3 Å². The maximum absolute atomic E-state index is 14.6. The maximum Gasteiger partial charge on any atom is 0.155 e. The van der Waals surface area contributed by atoms with Crippen molar-refractivity contribution in [2.45, 2.75) is 6.10 Å². The molecule has 4 nitrogen and oxygen atoms in total. The number of hydrogen-bond donors (Lipinski definition) is 2. The first kappa shape index (κ1) is 18.4. The summed E-state index contributed by atoms with van der Waals surface area (Å²) < 4.78 is 34.5. The summed E-state index contributed by atoms with van der Waals surface area (Å²) in [7, 11) is 1.39. The van der Waals surface area contributed by atoms with Gasteiger partial charge in [-0.25, -0.2) is 13.8 Å². The fourth-order valence-corrected chi connectivity index (χ4v) is 3.39. The molecule has 0 radical (unpaired) electrons. The second-order valence-electron chi connectivity index (χ2n) is 6.35. The Bertz CT molecular complexity index is 1160. The Balaban J connectivity index is 1.87. The van der Waals surface area contributed by atoms with E-state index in [0.29, 0.717) is 21.6 Å². The molecule has 28 heavy (non-hydrogen) atoms. The molecule has 0 bridgehead atoms. The van der Waals surface area contributed by atoms with Gasteiger partial charge in [-0.15, -0.1) is 0 Å². The van der Waals surface area contributed by atoms with Crippen LogP contribution in [0.15, 0.2) is 54.9 Å². The molecule has 2 aromatic carbocycles. The van der Waals surface area contributed by atoms with E-state index in [4.69, 9.17) is 22.1 Å². The van der Waals surface area contributed by atoms with Crippen LogP contribution in [-0.4, -0.2) is 17.1 Å². The van der Waals surface area contributed by atoms with Crippen LogP contribution in [0.1, 0.15) is 17.2 Å². The minimum Gasteiger partial charge on any atom is -0.396 e. The van der Waals surface area contributed by atoms with Gasteiger partial charge in [0, 0.05) is 41.0 Å². The molecule has 142 valence electrons. The number of pyridine rings is 1. The SMILES string of the molecule is COC(c1c(F)ccc(N)c1F)c1c[nH]c2ncc(-c3ccc(Cl)cc3)cc12. The fourth-order valence-electron chi connectivity index (χ4n) is 3.27. The monoisotopic (exact) mass is 399 g/mol. The number of nitrogen functional groups attached to an aromatic ring is 1. The molecule has 1 atom stereocenters. The van der Waals surface area contributed by atoms with Gasteiger partial charge in [-0.05, 0) is 35.9 Å². The zero-order valence-electron chi connectivity index (χ0n) is 14.8. The summed E-state index contributed by atoms with van der Waals surface area (Å²) in [5.41, 5.74) is 8.16. The van der Waals surface area contributed by atoms with Gasteiger partial charge < -0.3 is 15.5 Å². The molecule has 0 spiro atoms. The third kappa shape index (κ3) is 3.10. The number of hydrogen-bond acceptors (Lipinski definition) is 3. The summed E-state index contributed by atoms with van der Waals surface area (Å²) in [5.74, 6) is -1.56. The fraction of sp³-hybridized carbons (Fsp3) is 0.0952. The van der Waals surface area contributed by atoms with E-state index >= 15 is 0 Å². The summed E-state index contributed by atoms with van der Waals surface area (Å²) >= 11 is 5.95. The Morgan fingerprint density at radius 2 is 1.86 bits per heavy atom. The molecule has 1 unspecified atom stereocenters. The van der Waals surface area contributed by atoms with Gasteiger partial charge in [-0.2, -0.15) is 0 Å². The van der Waals surface area contributed by atoms with Gasteiger partial charge in [0.1, 0.15) is 17.6 Å². The second-order valence-corrected chi connectivity index (χ2v) is 6.79. The van der Waals surface area contributed by atoms with E-state index in [1.165, 1.54) is 13.2 Å². The van der Waals surface area contributed by atoms with E-state index in [1.807, 2.05) is 18.2 Å². The lowest BCUT2D eigenvalue weighted by Gasteiger charge is -2.18. The van der Waals surface area contributed by atoms with Crippen LogP contribution in [0.2, 0.25) is 5.02 Å². The molecular weight excluding hydrogens is 384 g/mol. The number of methoxy groups -OCH3 is 1. The lowest BCUT2D eigenvalue weighted by Crippen LogP contribution is -2.10. The highest BCUT2D eigenvalue weighted by molar-refractivity contribution is 6.30. The number of anilines is 1. The van der Waals surface area contributed by atoms with Crippen LogP contribution in [0.3, 0.4) is 0 Å². The maximum atomic E-state index is 14.6. The number of H-pyrrole nitrogens is 1. The smallest absolute Gasteiger partial charge is 0.155 e. The molecule has 0 aliphatic rings. The quantitative estimate of drug-likeness (QED) is 0.446. The van der Waals surface area contributed by atoms with Crippen molar-refractivity contribution in [2.24, 2.45) is 0 Å². The van der Waals surface area contributed by atoms with E-state index in [2.05, 4.69) is 9.97 Å². The Labute approximate surface area is 164 Å². The number of benzene rings is 2. The first-order valence-electron chi connectivity index (χ1n) is 8.48. The predicted molar refractivity (Wildman–Crippen MR) is 106 cm³/mol. The Kier molecular flexibility index (Phi) is 4.75. The van der Waals surface area contributed by atoms with Crippen LogP contribution in [0.5, 0.6) is 0 Å². The van der Waals surface area contributed by atoms with Gasteiger partial charge in [0.25, 0.3) is 0 Å². The first-order valence-corrected chi connectivity index (χ1v) is 8.86. The topological polar surface area (TPSA) is 63.9 Å². The van der Waals surface area contributed by atoms with Gasteiger partial charge in [-0.3, -0.25) is 0 Å². The number of nitrogens with one attached hydrogen (secondary N) is 1. The van der Waals surface area contributed by atoms with E-state index in [0.717, 1.165) is 17.2 Å². The average Bonchev–Trinajstić information content (AvgIpc) is 3.12. The highest BCUT2D eigenvalue weighted by Crippen LogP contribution is 2.36. The molecule has 0 aliphatic heterocycles. The number of nitrogens with two attached hydrogens (primary N) is 1. The lowest BCUT2D eigenvalue weighted by atomic mass is 9.98. The molecule has 4 aromatic rings. The van der Waals surface area contributed by atoms with Gasteiger partial charge in [0.15, 0.2) is 5.82 Å². The van der Waals surface area contributed by atoms with Gasteiger partial charge >= 0.3 is 0 Å². The highest BCUT2D eigenvalue weighted by Gasteiger charge is 2.26. The number of aromatic amines is 1. The lowest BCUT2D eigenvalue weighted by molar-refractivity contribution is 0.130. The van der Waals surface area contributed by atoms with Crippen molar-refractivity contribution in [3.63, 3.8) is 0 Å². The normalized spacial score (nSPS) is 12.4. The number of halogens is 3. The third-order valence-corrected chi connectivity index (χ3v) is 4.93. The van der Waals surface area contributed by atoms with Gasteiger partial charge in [-0.1, -0.05) is 23.7 Å². The molecule has 3 N–H and O–H groups in total. The molecule has 7 heteroatoms. The van der Waals surface area contributed by atoms with Crippen molar-refractivity contribution in [1.29, 1.82) is 0 Å². The summed E-state index contributed by atoms with van der Waals surface area (Å²) in [4.78, 5) is 7.44. The van der Waals surface area contributed by atoms with Crippen molar-refractivity contribution < 1.29 is 13.5 Å². The number of nitrogens with zero attached hydrogens (tertiary/aromatic N) is 1. The minimum absolute atomic E-state index is 0.140. The Hall–Kier alpha value is -2.96. The average molecular weight is 400 g/mol. The molecule has 2 heterocycles. The van der Waals surface area contributed by atoms with Crippen molar-refractivity contribution in [3.05, 3.63) is 82.6 Å². The van der Waals surface area contributed by atoms with Gasteiger partial charge in [0.05, 0.1) is 11.3 Å². The van der Waals surface area contributed by atoms with Crippen molar-refractivity contribution in [1.82, 2.24) is 9.97 Å². The summed E-state index contributed by atoms with van der Waals surface area (Å²) in [6, 6.07) is 11.5. The third-order valence-electron chi connectivity index (χ3n) is 4.68. The van der Waals surface area contributed by atoms with Crippen molar-refractivity contribution in [2.75, 3.05) is 12.8 Å². The largest absolute Gasteiger partial charge is 0.396 e. The summed E-state index contributed by atoms with van der Waals surface area (Å²) in [5, 5.41) is 1.33. The molecule has 0 saturated heterocycles. The Morgan fingerprint density at radius 1 is 1.11 bits per heavy atom.